The van der Waals surface area contributed by atoms with Crippen LogP contribution < -0.4 is 5.32 Å². The Morgan fingerprint density at radius 2 is 1.86 bits per heavy atom. The standard InChI is InChI=1S/C17H23NO4.H2/c1-21-16(19)15-9-7-13(8-10-15)11-18-17(20)22-12-14-5-3-2-4-6-14;/h2-6,13,15H,7-12H2,1H3,(H,18,20);1H. The van der Waals surface area contributed by atoms with Crippen molar-refractivity contribution in [3.05, 3.63) is 35.9 Å². The fourth-order valence-corrected chi connectivity index (χ4v) is 2.77. The molecular weight excluding hydrogens is 282 g/mol. The Bertz CT molecular complexity index is 487. The lowest BCUT2D eigenvalue weighted by atomic mass is 9.82. The van der Waals surface area contributed by atoms with Crippen LogP contribution in [0.1, 0.15) is 32.7 Å². The molecule has 0 aromatic heterocycles. The molecule has 1 aliphatic rings. The summed E-state index contributed by atoms with van der Waals surface area (Å²) in [5.41, 5.74) is 0.969. The molecule has 122 valence electrons. The fraction of sp³-hybridized carbons (Fsp3) is 0.529. The predicted octanol–water partition coefficient (Wildman–Crippen LogP) is 3.14. The number of hydrogen-bond acceptors (Lipinski definition) is 4. The summed E-state index contributed by atoms with van der Waals surface area (Å²) in [6, 6.07) is 9.59. The van der Waals surface area contributed by atoms with Gasteiger partial charge in [0.2, 0.25) is 0 Å². The van der Waals surface area contributed by atoms with Gasteiger partial charge < -0.3 is 14.8 Å². The van der Waals surface area contributed by atoms with Gasteiger partial charge >= 0.3 is 12.1 Å². The fourth-order valence-electron chi connectivity index (χ4n) is 2.77. The van der Waals surface area contributed by atoms with Crippen LogP contribution in [0.5, 0.6) is 0 Å². The minimum absolute atomic E-state index is 0. The van der Waals surface area contributed by atoms with Gasteiger partial charge in [-0.05, 0) is 37.2 Å². The quantitative estimate of drug-likeness (QED) is 0.849. The summed E-state index contributed by atoms with van der Waals surface area (Å²) >= 11 is 0. The first-order valence-electron chi connectivity index (χ1n) is 7.71. The van der Waals surface area contributed by atoms with Gasteiger partial charge in [0.05, 0.1) is 13.0 Å². The molecule has 1 aromatic rings. The number of carbonyl (C=O) groups is 2. The minimum Gasteiger partial charge on any atom is -0.469 e. The van der Waals surface area contributed by atoms with Crippen LogP contribution in [-0.2, 0) is 20.9 Å². The molecule has 5 heteroatoms. The Labute approximate surface area is 132 Å². The maximum Gasteiger partial charge on any atom is 0.407 e. The van der Waals surface area contributed by atoms with Gasteiger partial charge in [-0.2, -0.15) is 0 Å². The highest BCUT2D eigenvalue weighted by atomic mass is 16.5. The zero-order valence-electron chi connectivity index (χ0n) is 12.9. The second kappa shape index (κ2) is 8.41. The Kier molecular flexibility index (Phi) is 6.25. The molecule has 1 saturated carbocycles. The number of amides is 1. The second-order valence-electron chi connectivity index (χ2n) is 5.68. The van der Waals surface area contributed by atoms with E-state index in [9.17, 15) is 9.59 Å². The van der Waals surface area contributed by atoms with Crippen molar-refractivity contribution in [3.8, 4) is 0 Å². The second-order valence-corrected chi connectivity index (χ2v) is 5.68. The Morgan fingerprint density at radius 3 is 2.50 bits per heavy atom. The molecule has 1 aromatic carbocycles. The summed E-state index contributed by atoms with van der Waals surface area (Å²) in [5.74, 6) is 0.310. The highest BCUT2D eigenvalue weighted by Crippen LogP contribution is 2.29. The van der Waals surface area contributed by atoms with Crippen LogP contribution in [0.3, 0.4) is 0 Å². The average Bonchev–Trinajstić information content (AvgIpc) is 2.58. The molecule has 1 amide bonds. The average molecular weight is 307 g/mol. The smallest absolute Gasteiger partial charge is 0.407 e. The SMILES string of the molecule is COC(=O)C1CCC(CNC(=O)OCc2ccccc2)CC1.[HH]. The van der Waals surface area contributed by atoms with Crippen LogP contribution in [0.25, 0.3) is 0 Å². The third-order valence-electron chi connectivity index (χ3n) is 4.13. The summed E-state index contributed by atoms with van der Waals surface area (Å²) in [6.45, 7) is 0.878. The molecule has 5 nitrogen and oxygen atoms in total. The molecular formula is C17H25NO4. The first-order chi connectivity index (χ1) is 10.7. The summed E-state index contributed by atoms with van der Waals surface area (Å²) in [4.78, 5) is 23.1. The van der Waals surface area contributed by atoms with Gasteiger partial charge in [-0.3, -0.25) is 4.79 Å². The zero-order chi connectivity index (χ0) is 15.8. The number of rotatable bonds is 5. The number of hydrogen-bond donors (Lipinski definition) is 1. The molecule has 0 bridgehead atoms. The van der Waals surface area contributed by atoms with Crippen LogP contribution in [0.15, 0.2) is 30.3 Å². The topological polar surface area (TPSA) is 64.6 Å². The zero-order valence-corrected chi connectivity index (χ0v) is 12.9. The van der Waals surface area contributed by atoms with Crippen LogP contribution in [0.2, 0.25) is 0 Å². The summed E-state index contributed by atoms with van der Waals surface area (Å²) < 4.78 is 9.94. The van der Waals surface area contributed by atoms with Gasteiger partial charge in [0, 0.05) is 7.97 Å². The molecule has 1 aliphatic carbocycles. The van der Waals surface area contributed by atoms with Gasteiger partial charge in [0.1, 0.15) is 6.61 Å². The van der Waals surface area contributed by atoms with E-state index in [1.54, 1.807) is 0 Å². The molecule has 0 radical (unpaired) electrons. The lowest BCUT2D eigenvalue weighted by molar-refractivity contribution is -0.146. The third kappa shape index (κ3) is 5.06. The molecule has 0 heterocycles. The van der Waals surface area contributed by atoms with Crippen molar-refractivity contribution in [2.45, 2.75) is 32.3 Å². The van der Waals surface area contributed by atoms with Crippen molar-refractivity contribution in [2.75, 3.05) is 13.7 Å². The molecule has 1 N–H and O–H groups in total. The van der Waals surface area contributed by atoms with E-state index >= 15 is 0 Å². The highest BCUT2D eigenvalue weighted by molar-refractivity contribution is 5.72. The summed E-state index contributed by atoms with van der Waals surface area (Å²) in [5, 5.41) is 2.80. The van der Waals surface area contributed by atoms with E-state index < -0.39 is 0 Å². The van der Waals surface area contributed by atoms with Crippen LogP contribution in [0, 0.1) is 11.8 Å². The number of benzene rings is 1. The first-order valence-corrected chi connectivity index (χ1v) is 7.71. The normalized spacial score (nSPS) is 21.0. The van der Waals surface area contributed by atoms with Crippen molar-refractivity contribution in [3.63, 3.8) is 0 Å². The van der Waals surface area contributed by atoms with Crippen LogP contribution >= 0.6 is 0 Å². The number of ether oxygens (including phenoxy) is 2. The summed E-state index contributed by atoms with van der Waals surface area (Å²) in [6.07, 6.45) is 3.13. The summed E-state index contributed by atoms with van der Waals surface area (Å²) in [7, 11) is 1.43. The van der Waals surface area contributed by atoms with E-state index in [2.05, 4.69) is 5.32 Å². The van der Waals surface area contributed by atoms with E-state index in [4.69, 9.17) is 9.47 Å². The third-order valence-corrected chi connectivity index (χ3v) is 4.13. The maximum absolute atomic E-state index is 11.7. The molecule has 0 unspecified atom stereocenters. The van der Waals surface area contributed by atoms with Crippen LogP contribution in [0.4, 0.5) is 4.79 Å². The van der Waals surface area contributed by atoms with Crippen molar-refractivity contribution in [1.29, 1.82) is 0 Å². The van der Waals surface area contributed by atoms with Crippen molar-refractivity contribution < 1.29 is 20.5 Å². The Morgan fingerprint density at radius 1 is 1.18 bits per heavy atom. The maximum atomic E-state index is 11.7. The number of carbonyl (C=O) groups excluding carboxylic acids is 2. The predicted molar refractivity (Wildman–Crippen MR) is 84.2 cm³/mol. The van der Waals surface area contributed by atoms with Crippen molar-refractivity contribution in [1.82, 2.24) is 5.32 Å². The number of alkyl carbamates (subject to hydrolysis) is 1. The van der Waals surface area contributed by atoms with Gasteiger partial charge in [0.25, 0.3) is 0 Å². The van der Waals surface area contributed by atoms with Crippen molar-refractivity contribution in [2.24, 2.45) is 11.8 Å². The lowest BCUT2D eigenvalue weighted by Crippen LogP contribution is -2.33. The Balaban J connectivity index is 0.00000264. The number of methoxy groups -OCH3 is 1. The lowest BCUT2D eigenvalue weighted by Gasteiger charge is -2.26. The molecule has 1 fully saturated rings. The van der Waals surface area contributed by atoms with E-state index in [-0.39, 0.29) is 26.0 Å². The van der Waals surface area contributed by atoms with E-state index in [1.165, 1.54) is 7.11 Å². The molecule has 22 heavy (non-hydrogen) atoms. The monoisotopic (exact) mass is 307 g/mol. The van der Waals surface area contributed by atoms with Gasteiger partial charge in [-0.25, -0.2) is 4.79 Å². The number of nitrogens with one attached hydrogen (secondary N) is 1. The largest absolute Gasteiger partial charge is 0.469 e. The molecule has 0 spiro atoms. The van der Waals surface area contributed by atoms with Gasteiger partial charge in [0.15, 0.2) is 0 Å². The molecule has 0 aliphatic heterocycles. The van der Waals surface area contributed by atoms with Crippen molar-refractivity contribution >= 4 is 12.1 Å². The van der Waals surface area contributed by atoms with E-state index in [0.29, 0.717) is 12.5 Å². The van der Waals surface area contributed by atoms with Gasteiger partial charge in [-0.1, -0.05) is 30.3 Å². The highest BCUT2D eigenvalue weighted by Gasteiger charge is 2.26. The van der Waals surface area contributed by atoms with E-state index in [0.717, 1.165) is 31.2 Å². The van der Waals surface area contributed by atoms with Gasteiger partial charge in [-0.15, -0.1) is 0 Å². The molecule has 0 atom stereocenters. The molecule has 0 saturated heterocycles. The van der Waals surface area contributed by atoms with E-state index in [1.807, 2.05) is 30.3 Å². The first kappa shape index (κ1) is 16.3. The number of esters is 1. The van der Waals surface area contributed by atoms with Crippen LogP contribution in [-0.4, -0.2) is 25.7 Å². The Hall–Kier alpha value is -2.04. The minimum atomic E-state index is -0.390. The molecule has 2 rings (SSSR count).